The van der Waals surface area contributed by atoms with Crippen molar-refractivity contribution in [3.63, 3.8) is 0 Å². The van der Waals surface area contributed by atoms with E-state index in [0.717, 1.165) is 14.9 Å². The van der Waals surface area contributed by atoms with E-state index in [0.29, 0.717) is 5.75 Å². The first kappa shape index (κ1) is 16.8. The Morgan fingerprint density at radius 1 is 1.26 bits per heavy atom. The van der Waals surface area contributed by atoms with Gasteiger partial charge in [-0.05, 0) is 58.4 Å². The summed E-state index contributed by atoms with van der Waals surface area (Å²) >= 11 is 2.23. The Bertz CT molecular complexity index is 453. The van der Waals surface area contributed by atoms with Gasteiger partial charge < -0.3 is 14.3 Å². The van der Waals surface area contributed by atoms with Crippen molar-refractivity contribution in [3.05, 3.63) is 21.3 Å². The molecule has 5 heteroatoms. The number of methoxy groups -OCH3 is 1. The van der Waals surface area contributed by atoms with Gasteiger partial charge in [0.2, 0.25) is 0 Å². The van der Waals surface area contributed by atoms with Crippen molar-refractivity contribution in [2.75, 3.05) is 7.11 Å². The van der Waals surface area contributed by atoms with Gasteiger partial charge >= 0.3 is 0 Å². The van der Waals surface area contributed by atoms with E-state index in [4.69, 9.17) is 9.16 Å². The molecule has 0 spiro atoms. The molecule has 0 aliphatic heterocycles. The number of benzene rings is 1. The maximum atomic E-state index is 9.24. The molecule has 0 radical (unpaired) electrons. The van der Waals surface area contributed by atoms with Crippen LogP contribution < -0.4 is 9.16 Å². The third kappa shape index (κ3) is 3.85. The minimum Gasteiger partial charge on any atom is -0.540 e. The second-order valence-corrected chi connectivity index (χ2v) is 12.0. The van der Waals surface area contributed by atoms with Crippen molar-refractivity contribution in [3.8, 4) is 11.5 Å². The molecule has 1 aromatic carbocycles. The average molecular weight is 394 g/mol. The van der Waals surface area contributed by atoms with Crippen LogP contribution in [0.4, 0.5) is 0 Å². The van der Waals surface area contributed by atoms with Gasteiger partial charge in [-0.25, -0.2) is 0 Å². The average Bonchev–Trinajstić information content (AvgIpc) is 2.29. The Hall–Kier alpha value is -0.273. The van der Waals surface area contributed by atoms with E-state index in [1.165, 1.54) is 0 Å². The molecular formula is C14H23IO3Si. The topological polar surface area (TPSA) is 38.7 Å². The van der Waals surface area contributed by atoms with Crippen molar-refractivity contribution < 1.29 is 14.3 Å². The van der Waals surface area contributed by atoms with E-state index < -0.39 is 8.32 Å². The highest BCUT2D eigenvalue weighted by molar-refractivity contribution is 14.1. The number of aliphatic hydroxyl groups excluding tert-OH is 1. The summed E-state index contributed by atoms with van der Waals surface area (Å²) < 4.78 is 12.7. The summed E-state index contributed by atoms with van der Waals surface area (Å²) in [6, 6.07) is 3.77. The number of hydrogen-bond donors (Lipinski definition) is 1. The normalized spacial score (nSPS) is 12.4. The molecule has 0 aromatic heterocycles. The van der Waals surface area contributed by atoms with Gasteiger partial charge in [0.25, 0.3) is 8.32 Å². The second-order valence-electron chi connectivity index (χ2n) is 6.13. The van der Waals surface area contributed by atoms with E-state index in [-0.39, 0.29) is 11.6 Å². The Kier molecular flexibility index (Phi) is 5.31. The highest BCUT2D eigenvalue weighted by Crippen LogP contribution is 2.42. The van der Waals surface area contributed by atoms with Crippen molar-refractivity contribution in [2.24, 2.45) is 0 Å². The van der Waals surface area contributed by atoms with E-state index in [2.05, 4.69) is 56.5 Å². The molecule has 1 rings (SSSR count). The Morgan fingerprint density at radius 2 is 1.84 bits per heavy atom. The zero-order valence-corrected chi connectivity index (χ0v) is 15.7. The minimum absolute atomic E-state index is 0.00668. The van der Waals surface area contributed by atoms with Gasteiger partial charge in [0, 0.05) is 0 Å². The fourth-order valence-electron chi connectivity index (χ4n) is 1.37. The van der Waals surface area contributed by atoms with Crippen LogP contribution in [0.25, 0.3) is 0 Å². The molecule has 1 N–H and O–H groups in total. The highest BCUT2D eigenvalue weighted by Gasteiger charge is 2.40. The van der Waals surface area contributed by atoms with E-state index >= 15 is 0 Å². The number of hydrogen-bond acceptors (Lipinski definition) is 3. The van der Waals surface area contributed by atoms with Crippen LogP contribution in [0.3, 0.4) is 0 Å². The second kappa shape index (κ2) is 6.01. The van der Waals surface area contributed by atoms with Gasteiger partial charge in [-0.1, -0.05) is 20.8 Å². The predicted octanol–water partition coefficient (Wildman–Crippen LogP) is 4.18. The lowest BCUT2D eigenvalue weighted by atomic mass is 10.2. The van der Waals surface area contributed by atoms with Crippen LogP contribution in [-0.2, 0) is 6.61 Å². The van der Waals surface area contributed by atoms with Crippen LogP contribution in [0, 0.1) is 3.57 Å². The van der Waals surface area contributed by atoms with E-state index in [1.54, 1.807) is 7.11 Å². The van der Waals surface area contributed by atoms with Gasteiger partial charge in [0.05, 0.1) is 17.3 Å². The third-order valence-corrected chi connectivity index (χ3v) is 8.76. The van der Waals surface area contributed by atoms with E-state index in [9.17, 15) is 5.11 Å². The minimum atomic E-state index is -1.90. The summed E-state index contributed by atoms with van der Waals surface area (Å²) in [5.74, 6) is 1.49. The van der Waals surface area contributed by atoms with Crippen molar-refractivity contribution in [1.29, 1.82) is 0 Å². The van der Waals surface area contributed by atoms with Crippen LogP contribution in [-0.4, -0.2) is 20.5 Å². The summed E-state index contributed by atoms with van der Waals surface area (Å²) in [4.78, 5) is 0. The SMILES string of the molecule is COc1cc(CO)cc(I)c1O[Si](C)(C)C(C)(C)C. The smallest absolute Gasteiger partial charge is 0.250 e. The molecule has 0 atom stereocenters. The third-order valence-electron chi connectivity index (χ3n) is 3.64. The first-order valence-electron chi connectivity index (χ1n) is 6.28. The number of rotatable bonds is 4. The molecular weight excluding hydrogens is 371 g/mol. The maximum Gasteiger partial charge on any atom is 0.250 e. The molecule has 0 unspecified atom stereocenters. The standard InChI is InChI=1S/C14H23IO3Si/c1-14(2,3)19(5,6)18-13-11(15)7-10(9-16)8-12(13)17-4/h7-8,16H,9H2,1-6H3. The van der Waals surface area contributed by atoms with Crippen LogP contribution in [0.5, 0.6) is 11.5 Å². The maximum absolute atomic E-state index is 9.24. The molecule has 0 heterocycles. The zero-order chi connectivity index (χ0) is 14.8. The number of ether oxygens (including phenoxy) is 1. The lowest BCUT2D eigenvalue weighted by Crippen LogP contribution is -2.44. The van der Waals surface area contributed by atoms with Crippen LogP contribution in [0.1, 0.15) is 26.3 Å². The Balaban J connectivity index is 3.21. The summed E-state index contributed by atoms with van der Waals surface area (Å²) in [7, 11) is -0.270. The fraction of sp³-hybridized carbons (Fsp3) is 0.571. The summed E-state index contributed by atoms with van der Waals surface area (Å²) in [6.45, 7) is 11.1. The molecule has 1 aromatic rings. The molecule has 0 amide bonds. The van der Waals surface area contributed by atoms with E-state index in [1.807, 2.05) is 12.1 Å². The van der Waals surface area contributed by atoms with Crippen molar-refractivity contribution in [1.82, 2.24) is 0 Å². The molecule has 108 valence electrons. The molecule has 0 saturated heterocycles. The highest BCUT2D eigenvalue weighted by atomic mass is 127. The predicted molar refractivity (Wildman–Crippen MR) is 89.5 cm³/mol. The van der Waals surface area contributed by atoms with Gasteiger partial charge in [0.15, 0.2) is 11.5 Å². The summed E-state index contributed by atoms with van der Waals surface area (Å²) in [5.41, 5.74) is 0.837. The van der Waals surface area contributed by atoms with Crippen molar-refractivity contribution >= 4 is 30.9 Å². The molecule has 0 aliphatic carbocycles. The van der Waals surface area contributed by atoms with Gasteiger partial charge in [-0.3, -0.25) is 0 Å². The van der Waals surface area contributed by atoms with Crippen LogP contribution >= 0.6 is 22.6 Å². The lowest BCUT2D eigenvalue weighted by Gasteiger charge is -2.37. The quantitative estimate of drug-likeness (QED) is 0.615. The van der Waals surface area contributed by atoms with Crippen molar-refractivity contribution in [2.45, 2.75) is 45.5 Å². The largest absolute Gasteiger partial charge is 0.540 e. The van der Waals surface area contributed by atoms with Crippen LogP contribution in [0.2, 0.25) is 18.1 Å². The zero-order valence-electron chi connectivity index (χ0n) is 12.5. The monoisotopic (exact) mass is 394 g/mol. The lowest BCUT2D eigenvalue weighted by molar-refractivity contribution is 0.280. The molecule has 3 nitrogen and oxygen atoms in total. The van der Waals surface area contributed by atoms with Gasteiger partial charge in [0.1, 0.15) is 0 Å². The fourth-order valence-corrected chi connectivity index (χ4v) is 3.38. The molecule has 0 fully saturated rings. The number of aliphatic hydroxyl groups is 1. The Morgan fingerprint density at radius 3 is 2.26 bits per heavy atom. The molecule has 0 saturated carbocycles. The summed E-state index contributed by atoms with van der Waals surface area (Å²) in [5, 5.41) is 9.38. The molecule has 0 bridgehead atoms. The Labute approximate surface area is 130 Å². The molecule has 0 aliphatic rings. The first-order chi connectivity index (χ1) is 8.62. The number of halogens is 1. The molecule has 19 heavy (non-hydrogen) atoms. The van der Waals surface area contributed by atoms with Gasteiger partial charge in [-0.2, -0.15) is 0 Å². The van der Waals surface area contributed by atoms with Crippen LogP contribution in [0.15, 0.2) is 12.1 Å². The van der Waals surface area contributed by atoms with Gasteiger partial charge in [-0.15, -0.1) is 0 Å². The first-order valence-corrected chi connectivity index (χ1v) is 10.3. The summed E-state index contributed by atoms with van der Waals surface area (Å²) in [6.07, 6.45) is 0.